The van der Waals surface area contributed by atoms with E-state index in [9.17, 15) is 0 Å². The van der Waals surface area contributed by atoms with Crippen molar-refractivity contribution < 1.29 is 0 Å². The number of hydrogen-bond donors (Lipinski definition) is 1. The minimum atomic E-state index is 0.306. The van der Waals surface area contributed by atoms with Gasteiger partial charge in [0.2, 0.25) is 0 Å². The molecule has 2 fully saturated rings. The van der Waals surface area contributed by atoms with Gasteiger partial charge < -0.3 is 5.32 Å². The Morgan fingerprint density at radius 1 is 1.12 bits per heavy atom. The van der Waals surface area contributed by atoms with Gasteiger partial charge in [0.25, 0.3) is 0 Å². The zero-order valence-electron chi connectivity index (χ0n) is 11.3. The van der Waals surface area contributed by atoms with Crippen molar-refractivity contribution in [2.24, 2.45) is 0 Å². The summed E-state index contributed by atoms with van der Waals surface area (Å²) in [6.45, 7) is 15.4. The molecule has 0 amide bonds. The fourth-order valence-corrected chi connectivity index (χ4v) is 3.21. The van der Waals surface area contributed by atoms with E-state index in [1.807, 2.05) is 0 Å². The summed E-state index contributed by atoms with van der Waals surface area (Å²) in [5, 5.41) is 3.62. The van der Waals surface area contributed by atoms with E-state index in [4.69, 9.17) is 0 Å². The zero-order chi connectivity index (χ0) is 11.8. The normalized spacial score (nSPS) is 32.4. The van der Waals surface area contributed by atoms with Crippen molar-refractivity contribution in [2.75, 3.05) is 32.7 Å². The monoisotopic (exact) mass is 225 g/mol. The summed E-state index contributed by atoms with van der Waals surface area (Å²) in [4.78, 5) is 5.28. The van der Waals surface area contributed by atoms with Crippen LogP contribution in [0.4, 0.5) is 0 Å². The average molecular weight is 225 g/mol. The highest BCUT2D eigenvalue weighted by Crippen LogP contribution is 2.25. The molecule has 2 rings (SSSR count). The minimum absolute atomic E-state index is 0.306. The third kappa shape index (κ3) is 2.41. The van der Waals surface area contributed by atoms with Crippen molar-refractivity contribution in [2.45, 2.75) is 51.7 Å². The van der Waals surface area contributed by atoms with Crippen molar-refractivity contribution in [1.82, 2.24) is 15.1 Å². The van der Waals surface area contributed by atoms with Gasteiger partial charge in [-0.1, -0.05) is 0 Å². The number of nitrogens with zero attached hydrogens (tertiary/aromatic N) is 2. The second kappa shape index (κ2) is 4.63. The van der Waals surface area contributed by atoms with Gasteiger partial charge in [0, 0.05) is 43.8 Å². The van der Waals surface area contributed by atoms with Crippen molar-refractivity contribution in [3.63, 3.8) is 0 Å². The molecule has 3 nitrogen and oxygen atoms in total. The maximum atomic E-state index is 3.62. The fraction of sp³-hybridized carbons (Fsp3) is 1.00. The molecule has 0 aromatic rings. The van der Waals surface area contributed by atoms with E-state index < -0.39 is 0 Å². The van der Waals surface area contributed by atoms with E-state index in [1.54, 1.807) is 0 Å². The van der Waals surface area contributed by atoms with Crippen LogP contribution in [0.1, 0.15) is 34.1 Å². The van der Waals surface area contributed by atoms with Crippen LogP contribution in [0.3, 0.4) is 0 Å². The van der Waals surface area contributed by atoms with Crippen LogP contribution in [0, 0.1) is 0 Å². The molecule has 0 radical (unpaired) electrons. The predicted molar refractivity (Wildman–Crippen MR) is 68.8 cm³/mol. The van der Waals surface area contributed by atoms with Gasteiger partial charge in [0.05, 0.1) is 0 Å². The van der Waals surface area contributed by atoms with Gasteiger partial charge in [0.1, 0.15) is 0 Å². The molecule has 0 saturated carbocycles. The average Bonchev–Trinajstić information content (AvgIpc) is 2.58. The molecule has 1 unspecified atom stereocenters. The van der Waals surface area contributed by atoms with Crippen molar-refractivity contribution >= 4 is 0 Å². The van der Waals surface area contributed by atoms with Crippen molar-refractivity contribution in [3.05, 3.63) is 0 Å². The van der Waals surface area contributed by atoms with Crippen LogP contribution in [0.2, 0.25) is 0 Å². The molecule has 94 valence electrons. The first kappa shape index (κ1) is 12.3. The summed E-state index contributed by atoms with van der Waals surface area (Å²) in [7, 11) is 0. The Morgan fingerprint density at radius 3 is 2.19 bits per heavy atom. The van der Waals surface area contributed by atoms with Gasteiger partial charge in [-0.15, -0.1) is 0 Å². The number of piperazine rings is 1. The van der Waals surface area contributed by atoms with Crippen molar-refractivity contribution in [1.29, 1.82) is 0 Å². The molecule has 0 bridgehead atoms. The largest absolute Gasteiger partial charge is 0.310 e. The molecule has 3 heteroatoms. The quantitative estimate of drug-likeness (QED) is 0.760. The maximum absolute atomic E-state index is 3.62. The molecule has 2 aliphatic rings. The Morgan fingerprint density at radius 2 is 1.75 bits per heavy atom. The second-order valence-corrected chi connectivity index (χ2v) is 6.12. The molecule has 16 heavy (non-hydrogen) atoms. The standard InChI is InChI=1S/C13H27N3/c1-11(2)15-7-9-16(10-8-15)12-5-6-14-13(12,3)4/h11-12,14H,5-10H2,1-4H3. The van der Waals surface area contributed by atoms with E-state index in [1.165, 1.54) is 39.1 Å². The molecule has 0 spiro atoms. The summed E-state index contributed by atoms with van der Waals surface area (Å²) in [5.41, 5.74) is 0.306. The first-order valence-electron chi connectivity index (χ1n) is 6.74. The van der Waals surface area contributed by atoms with E-state index in [-0.39, 0.29) is 0 Å². The predicted octanol–water partition coefficient (Wildman–Crippen LogP) is 1.15. The summed E-state index contributed by atoms with van der Waals surface area (Å²) in [6.07, 6.45) is 1.31. The lowest BCUT2D eigenvalue weighted by Gasteiger charge is -2.43. The maximum Gasteiger partial charge on any atom is 0.0285 e. The van der Waals surface area contributed by atoms with Gasteiger partial charge >= 0.3 is 0 Å². The molecule has 2 aliphatic heterocycles. The highest BCUT2D eigenvalue weighted by Gasteiger charge is 2.38. The van der Waals surface area contributed by atoms with Crippen LogP contribution in [-0.2, 0) is 0 Å². The van der Waals surface area contributed by atoms with Crippen LogP contribution in [-0.4, -0.2) is 60.1 Å². The van der Waals surface area contributed by atoms with E-state index in [0.29, 0.717) is 11.6 Å². The van der Waals surface area contributed by atoms with Gasteiger partial charge in [-0.05, 0) is 40.7 Å². The van der Waals surface area contributed by atoms with Crippen LogP contribution < -0.4 is 5.32 Å². The Bertz CT molecular complexity index is 229. The number of rotatable bonds is 2. The Balaban J connectivity index is 1.89. The lowest BCUT2D eigenvalue weighted by Crippen LogP contribution is -2.57. The third-order valence-electron chi connectivity index (χ3n) is 4.35. The minimum Gasteiger partial charge on any atom is -0.310 e. The molecule has 1 atom stereocenters. The van der Waals surface area contributed by atoms with E-state index in [2.05, 4.69) is 42.8 Å². The molecule has 1 N–H and O–H groups in total. The van der Waals surface area contributed by atoms with E-state index >= 15 is 0 Å². The lowest BCUT2D eigenvalue weighted by atomic mass is 9.94. The lowest BCUT2D eigenvalue weighted by molar-refractivity contribution is 0.0600. The molecule has 2 saturated heterocycles. The summed E-state index contributed by atoms with van der Waals surface area (Å²) < 4.78 is 0. The Kier molecular flexibility index (Phi) is 3.57. The SMILES string of the molecule is CC(C)N1CCN(C2CCNC2(C)C)CC1. The summed E-state index contributed by atoms with van der Waals surface area (Å²) >= 11 is 0. The molecule has 0 aromatic carbocycles. The first-order chi connectivity index (χ1) is 7.50. The third-order valence-corrected chi connectivity index (χ3v) is 4.35. The van der Waals surface area contributed by atoms with Crippen LogP contribution in [0.15, 0.2) is 0 Å². The van der Waals surface area contributed by atoms with Gasteiger partial charge in [-0.2, -0.15) is 0 Å². The Hall–Kier alpha value is -0.120. The number of nitrogens with one attached hydrogen (secondary N) is 1. The fourth-order valence-electron chi connectivity index (χ4n) is 3.21. The van der Waals surface area contributed by atoms with Crippen LogP contribution in [0.25, 0.3) is 0 Å². The highest BCUT2D eigenvalue weighted by atomic mass is 15.3. The first-order valence-corrected chi connectivity index (χ1v) is 6.74. The Labute approximate surface area is 100 Å². The summed E-state index contributed by atoms with van der Waals surface area (Å²) in [5.74, 6) is 0. The van der Waals surface area contributed by atoms with E-state index in [0.717, 1.165) is 6.04 Å². The molecule has 2 heterocycles. The summed E-state index contributed by atoms with van der Waals surface area (Å²) in [6, 6.07) is 1.44. The zero-order valence-corrected chi connectivity index (χ0v) is 11.3. The molecule has 0 aromatic heterocycles. The molecular weight excluding hydrogens is 198 g/mol. The highest BCUT2D eigenvalue weighted by molar-refractivity contribution is 4.99. The van der Waals surface area contributed by atoms with Gasteiger partial charge in [0.15, 0.2) is 0 Å². The van der Waals surface area contributed by atoms with Gasteiger partial charge in [-0.3, -0.25) is 9.80 Å². The topological polar surface area (TPSA) is 18.5 Å². The number of hydrogen-bond acceptors (Lipinski definition) is 3. The van der Waals surface area contributed by atoms with Crippen LogP contribution in [0.5, 0.6) is 0 Å². The molecular formula is C13H27N3. The van der Waals surface area contributed by atoms with Crippen molar-refractivity contribution in [3.8, 4) is 0 Å². The smallest absolute Gasteiger partial charge is 0.0285 e. The molecule has 0 aliphatic carbocycles. The van der Waals surface area contributed by atoms with Crippen LogP contribution >= 0.6 is 0 Å². The second-order valence-electron chi connectivity index (χ2n) is 6.12. The van der Waals surface area contributed by atoms with Gasteiger partial charge in [-0.25, -0.2) is 0 Å².